The first kappa shape index (κ1) is 26.5. The van der Waals surface area contributed by atoms with Crippen LogP contribution in [-0.2, 0) is 11.2 Å². The van der Waals surface area contributed by atoms with E-state index in [-0.39, 0.29) is 6.54 Å². The summed E-state index contributed by atoms with van der Waals surface area (Å²) in [5.41, 5.74) is 3.98. The Morgan fingerprint density at radius 3 is 2.73 bits per heavy atom. The molecule has 3 N–H and O–H groups in total. The first-order chi connectivity index (χ1) is 18.0. The van der Waals surface area contributed by atoms with Gasteiger partial charge in [-0.25, -0.2) is 15.0 Å². The minimum atomic E-state index is -0.750. The topological polar surface area (TPSA) is 107 Å². The van der Waals surface area contributed by atoms with Crippen molar-refractivity contribution in [3.63, 3.8) is 0 Å². The molecule has 0 unspecified atom stereocenters. The van der Waals surface area contributed by atoms with Crippen LogP contribution in [0.2, 0.25) is 0 Å². The second-order valence-corrected chi connectivity index (χ2v) is 9.69. The Kier molecular flexibility index (Phi) is 9.40. The SMILES string of the molecule is CNCCCN(C)c1ccc(-c2ccnc(Nc3cccc(CC4CCN(CC(=O)O)CC4)c3)n2)cn1. The third kappa shape index (κ3) is 7.96. The third-order valence-corrected chi connectivity index (χ3v) is 6.78. The molecule has 0 aliphatic carbocycles. The molecule has 1 aliphatic heterocycles. The molecule has 3 aromatic rings. The predicted molar refractivity (Wildman–Crippen MR) is 147 cm³/mol. The number of carboxylic acids is 1. The molecule has 9 nitrogen and oxygen atoms in total. The fourth-order valence-electron chi connectivity index (χ4n) is 4.73. The van der Waals surface area contributed by atoms with Gasteiger partial charge in [-0.05, 0) is 94.2 Å². The van der Waals surface area contributed by atoms with Gasteiger partial charge in [0.25, 0.3) is 0 Å². The van der Waals surface area contributed by atoms with E-state index in [1.165, 1.54) is 5.56 Å². The second-order valence-electron chi connectivity index (χ2n) is 9.69. The van der Waals surface area contributed by atoms with Crippen LogP contribution in [0.3, 0.4) is 0 Å². The highest BCUT2D eigenvalue weighted by atomic mass is 16.4. The molecule has 37 heavy (non-hydrogen) atoms. The van der Waals surface area contributed by atoms with E-state index in [0.717, 1.165) is 74.6 Å². The van der Waals surface area contributed by atoms with Gasteiger partial charge in [-0.15, -0.1) is 0 Å². The van der Waals surface area contributed by atoms with E-state index in [1.54, 1.807) is 6.20 Å². The standard InChI is InChI=1S/C28H37N7O2/c1-29-12-4-14-34(2)26-8-7-23(19-31-26)25-9-13-30-28(33-25)32-24-6-3-5-22(18-24)17-21-10-15-35(16-11-21)20-27(36)37/h3,5-9,13,18-19,21,29H,4,10-12,14-17,20H2,1-2H3,(H,36,37)(H,30,32,33). The normalized spacial score (nSPS) is 14.4. The molecule has 0 atom stereocenters. The molecule has 0 spiro atoms. The monoisotopic (exact) mass is 503 g/mol. The number of nitrogens with one attached hydrogen (secondary N) is 2. The maximum Gasteiger partial charge on any atom is 0.317 e. The van der Waals surface area contributed by atoms with Crippen molar-refractivity contribution in [2.45, 2.75) is 25.7 Å². The molecule has 9 heteroatoms. The van der Waals surface area contributed by atoms with E-state index in [9.17, 15) is 4.79 Å². The third-order valence-electron chi connectivity index (χ3n) is 6.78. The molecular formula is C28H37N7O2. The molecule has 2 aromatic heterocycles. The number of hydrogen-bond donors (Lipinski definition) is 3. The van der Waals surface area contributed by atoms with Crippen LogP contribution in [0.15, 0.2) is 54.9 Å². The van der Waals surface area contributed by atoms with Crippen LogP contribution in [-0.4, -0.2) is 77.7 Å². The number of rotatable bonds is 12. The van der Waals surface area contributed by atoms with Crippen LogP contribution in [0.25, 0.3) is 11.3 Å². The summed E-state index contributed by atoms with van der Waals surface area (Å²) in [6, 6.07) is 14.3. The lowest BCUT2D eigenvalue weighted by molar-refractivity contribution is -0.138. The molecular weight excluding hydrogens is 466 g/mol. The Morgan fingerprint density at radius 2 is 2.00 bits per heavy atom. The summed E-state index contributed by atoms with van der Waals surface area (Å²) in [4.78, 5) is 28.9. The van der Waals surface area contributed by atoms with Crippen molar-refractivity contribution in [2.24, 2.45) is 5.92 Å². The lowest BCUT2D eigenvalue weighted by Crippen LogP contribution is -2.37. The van der Waals surface area contributed by atoms with Gasteiger partial charge in [-0.2, -0.15) is 0 Å². The number of nitrogens with zero attached hydrogens (tertiary/aromatic N) is 5. The fourth-order valence-corrected chi connectivity index (χ4v) is 4.73. The lowest BCUT2D eigenvalue weighted by atomic mass is 9.90. The highest BCUT2D eigenvalue weighted by Crippen LogP contribution is 2.25. The molecule has 0 bridgehead atoms. The van der Waals surface area contributed by atoms with Gasteiger partial charge in [-0.3, -0.25) is 9.69 Å². The van der Waals surface area contributed by atoms with Crippen LogP contribution >= 0.6 is 0 Å². The maximum atomic E-state index is 10.9. The van der Waals surface area contributed by atoms with E-state index in [2.05, 4.69) is 50.7 Å². The number of likely N-dealkylation sites (tertiary alicyclic amines) is 1. The minimum Gasteiger partial charge on any atom is -0.480 e. The van der Waals surface area contributed by atoms with Gasteiger partial charge in [-0.1, -0.05) is 12.1 Å². The molecule has 0 amide bonds. The molecule has 4 rings (SSSR count). The fraction of sp³-hybridized carbons (Fsp3) is 0.429. The van der Waals surface area contributed by atoms with Crippen LogP contribution in [0.5, 0.6) is 0 Å². The largest absolute Gasteiger partial charge is 0.480 e. The molecule has 0 radical (unpaired) electrons. The Morgan fingerprint density at radius 1 is 1.16 bits per heavy atom. The number of piperidine rings is 1. The average molecular weight is 504 g/mol. The van der Waals surface area contributed by atoms with Crippen molar-refractivity contribution in [1.29, 1.82) is 0 Å². The number of carbonyl (C=O) groups is 1. The Hall–Kier alpha value is -3.56. The van der Waals surface area contributed by atoms with Gasteiger partial charge in [0.2, 0.25) is 5.95 Å². The van der Waals surface area contributed by atoms with Gasteiger partial charge < -0.3 is 20.6 Å². The van der Waals surface area contributed by atoms with Crippen LogP contribution in [0, 0.1) is 5.92 Å². The van der Waals surface area contributed by atoms with Gasteiger partial charge >= 0.3 is 5.97 Å². The lowest BCUT2D eigenvalue weighted by Gasteiger charge is -2.30. The van der Waals surface area contributed by atoms with Crippen molar-refractivity contribution < 1.29 is 9.90 Å². The number of aromatic nitrogens is 3. The second kappa shape index (κ2) is 13.1. The zero-order valence-corrected chi connectivity index (χ0v) is 21.7. The van der Waals surface area contributed by atoms with Crippen molar-refractivity contribution >= 4 is 23.4 Å². The molecule has 1 saturated heterocycles. The summed E-state index contributed by atoms with van der Waals surface area (Å²) in [6.45, 7) is 3.75. The summed E-state index contributed by atoms with van der Waals surface area (Å²) in [7, 11) is 4.02. The first-order valence-electron chi connectivity index (χ1n) is 13.0. The first-order valence-corrected chi connectivity index (χ1v) is 13.0. The predicted octanol–water partition coefficient (Wildman–Crippen LogP) is 3.67. The molecule has 1 fully saturated rings. The Balaban J connectivity index is 1.35. The molecule has 1 aromatic carbocycles. The highest BCUT2D eigenvalue weighted by Gasteiger charge is 2.21. The smallest absolute Gasteiger partial charge is 0.317 e. The Bertz CT molecular complexity index is 1150. The molecule has 3 heterocycles. The quantitative estimate of drug-likeness (QED) is 0.319. The van der Waals surface area contributed by atoms with Crippen molar-refractivity contribution in [3.8, 4) is 11.3 Å². The van der Waals surface area contributed by atoms with Crippen LogP contribution in [0.1, 0.15) is 24.8 Å². The van der Waals surface area contributed by atoms with E-state index in [0.29, 0.717) is 11.9 Å². The van der Waals surface area contributed by atoms with Gasteiger partial charge in [0.1, 0.15) is 5.82 Å². The summed E-state index contributed by atoms with van der Waals surface area (Å²) in [5, 5.41) is 15.5. The molecule has 0 saturated carbocycles. The van der Waals surface area contributed by atoms with E-state index < -0.39 is 5.97 Å². The van der Waals surface area contributed by atoms with Gasteiger partial charge in [0.15, 0.2) is 0 Å². The summed E-state index contributed by atoms with van der Waals surface area (Å²) in [5.74, 6) is 1.30. The number of hydrogen-bond acceptors (Lipinski definition) is 8. The average Bonchev–Trinajstić information content (AvgIpc) is 2.90. The van der Waals surface area contributed by atoms with E-state index >= 15 is 0 Å². The number of pyridine rings is 1. The van der Waals surface area contributed by atoms with Gasteiger partial charge in [0, 0.05) is 37.2 Å². The van der Waals surface area contributed by atoms with Crippen molar-refractivity contribution in [1.82, 2.24) is 25.2 Å². The summed E-state index contributed by atoms with van der Waals surface area (Å²) >= 11 is 0. The van der Waals surface area contributed by atoms with Crippen LogP contribution in [0.4, 0.5) is 17.5 Å². The molecule has 196 valence electrons. The van der Waals surface area contributed by atoms with Crippen LogP contribution < -0.4 is 15.5 Å². The van der Waals surface area contributed by atoms with E-state index in [1.807, 2.05) is 42.4 Å². The zero-order valence-electron chi connectivity index (χ0n) is 21.7. The zero-order chi connectivity index (χ0) is 26.0. The number of anilines is 3. The maximum absolute atomic E-state index is 10.9. The Labute approximate surface area is 219 Å². The minimum absolute atomic E-state index is 0.138. The van der Waals surface area contributed by atoms with Crippen molar-refractivity contribution in [3.05, 3.63) is 60.4 Å². The van der Waals surface area contributed by atoms with E-state index in [4.69, 9.17) is 10.1 Å². The summed E-state index contributed by atoms with van der Waals surface area (Å²) < 4.78 is 0. The number of aliphatic carboxylic acids is 1. The molecule has 1 aliphatic rings. The van der Waals surface area contributed by atoms with Crippen molar-refractivity contribution in [2.75, 3.05) is 57.0 Å². The number of carboxylic acid groups (broad SMARTS) is 1. The highest BCUT2D eigenvalue weighted by molar-refractivity contribution is 5.69. The van der Waals surface area contributed by atoms with Gasteiger partial charge in [0.05, 0.1) is 12.2 Å². The summed E-state index contributed by atoms with van der Waals surface area (Å²) in [6.07, 6.45) is 7.71. The number of benzene rings is 1.